The molecule has 1 aromatic rings. The number of alkyl carbamates (subject to hydrolysis) is 1. The first-order valence-corrected chi connectivity index (χ1v) is 6.68. The van der Waals surface area contributed by atoms with Crippen molar-refractivity contribution in [3.8, 4) is 0 Å². The standard InChI is InChI=1S/C13H22N4O4/c1-7(15-12(19)20-13(4,5)6)10(18)14-8(2)11-16-9(3)17-21-11/h7-8H,1-6H3,(H,14,18)(H,15,19)/t7-,8+/m1/s1. The van der Waals surface area contributed by atoms with E-state index < -0.39 is 23.8 Å². The van der Waals surface area contributed by atoms with Gasteiger partial charge >= 0.3 is 6.09 Å². The van der Waals surface area contributed by atoms with Crippen LogP contribution in [0.3, 0.4) is 0 Å². The lowest BCUT2D eigenvalue weighted by Gasteiger charge is -2.22. The van der Waals surface area contributed by atoms with E-state index in [9.17, 15) is 9.59 Å². The van der Waals surface area contributed by atoms with Crippen molar-refractivity contribution in [1.82, 2.24) is 20.8 Å². The number of aromatic nitrogens is 2. The zero-order valence-corrected chi connectivity index (χ0v) is 13.2. The number of nitrogens with zero attached hydrogens (tertiary/aromatic N) is 2. The number of nitrogens with one attached hydrogen (secondary N) is 2. The van der Waals surface area contributed by atoms with Crippen LogP contribution in [-0.4, -0.2) is 33.8 Å². The van der Waals surface area contributed by atoms with E-state index in [2.05, 4.69) is 20.8 Å². The maximum atomic E-state index is 12.0. The molecule has 0 saturated heterocycles. The van der Waals surface area contributed by atoms with Gasteiger partial charge in [0.2, 0.25) is 11.8 Å². The van der Waals surface area contributed by atoms with Crippen molar-refractivity contribution in [3.63, 3.8) is 0 Å². The highest BCUT2D eigenvalue weighted by atomic mass is 16.6. The Morgan fingerprint density at radius 3 is 2.33 bits per heavy atom. The van der Waals surface area contributed by atoms with Gasteiger partial charge in [-0.15, -0.1) is 0 Å². The van der Waals surface area contributed by atoms with Crippen LogP contribution in [0.1, 0.15) is 52.4 Å². The van der Waals surface area contributed by atoms with E-state index in [1.807, 2.05) is 0 Å². The normalized spacial score (nSPS) is 14.2. The Morgan fingerprint density at radius 1 is 1.24 bits per heavy atom. The van der Waals surface area contributed by atoms with Gasteiger partial charge in [-0.25, -0.2) is 4.79 Å². The molecule has 21 heavy (non-hydrogen) atoms. The molecule has 8 nitrogen and oxygen atoms in total. The fourth-order valence-electron chi connectivity index (χ4n) is 1.44. The van der Waals surface area contributed by atoms with Crippen LogP contribution >= 0.6 is 0 Å². The summed E-state index contributed by atoms with van der Waals surface area (Å²) in [5.41, 5.74) is -0.616. The van der Waals surface area contributed by atoms with Gasteiger partial charge in [-0.1, -0.05) is 5.16 Å². The van der Waals surface area contributed by atoms with Crippen molar-refractivity contribution < 1.29 is 18.8 Å². The summed E-state index contributed by atoms with van der Waals surface area (Å²) in [6, 6.07) is -1.19. The number of hydrogen-bond donors (Lipinski definition) is 2. The van der Waals surface area contributed by atoms with Crippen LogP contribution in [0.2, 0.25) is 0 Å². The molecule has 1 aromatic heterocycles. The SMILES string of the molecule is Cc1noc([C@H](C)NC(=O)[C@@H](C)NC(=O)OC(C)(C)C)n1. The Hall–Kier alpha value is -2.12. The third kappa shape index (κ3) is 5.80. The number of hydrogen-bond acceptors (Lipinski definition) is 6. The number of carbonyl (C=O) groups is 2. The minimum Gasteiger partial charge on any atom is -0.444 e. The molecule has 0 aromatic carbocycles. The van der Waals surface area contributed by atoms with E-state index in [0.717, 1.165) is 0 Å². The molecule has 0 aliphatic carbocycles. The number of carbonyl (C=O) groups excluding carboxylic acids is 2. The molecular formula is C13H22N4O4. The largest absolute Gasteiger partial charge is 0.444 e. The van der Waals surface area contributed by atoms with Crippen LogP contribution in [-0.2, 0) is 9.53 Å². The predicted molar refractivity (Wildman–Crippen MR) is 74.4 cm³/mol. The summed E-state index contributed by atoms with van der Waals surface area (Å²) in [5, 5.41) is 8.78. The van der Waals surface area contributed by atoms with E-state index in [4.69, 9.17) is 9.26 Å². The Bertz CT molecular complexity index is 507. The summed E-state index contributed by atoms with van der Waals surface area (Å²) in [6.45, 7) is 10.2. The van der Waals surface area contributed by atoms with Crippen molar-refractivity contribution in [3.05, 3.63) is 11.7 Å². The average molecular weight is 298 g/mol. The number of ether oxygens (including phenoxy) is 1. The Balaban J connectivity index is 2.49. The van der Waals surface area contributed by atoms with Gasteiger partial charge in [0, 0.05) is 0 Å². The molecule has 0 radical (unpaired) electrons. The first-order chi connectivity index (χ1) is 9.58. The van der Waals surface area contributed by atoms with Gasteiger partial charge in [0.25, 0.3) is 0 Å². The van der Waals surface area contributed by atoms with E-state index in [0.29, 0.717) is 11.7 Å². The predicted octanol–water partition coefficient (Wildman–Crippen LogP) is 1.47. The minimum absolute atomic E-state index is 0.310. The maximum Gasteiger partial charge on any atom is 0.408 e. The highest BCUT2D eigenvalue weighted by Crippen LogP contribution is 2.10. The average Bonchev–Trinajstić information content (AvgIpc) is 2.73. The maximum absolute atomic E-state index is 12.0. The van der Waals surface area contributed by atoms with Crippen LogP contribution in [0.4, 0.5) is 4.79 Å². The van der Waals surface area contributed by atoms with Crippen molar-refractivity contribution in [2.45, 2.75) is 59.2 Å². The molecule has 0 unspecified atom stereocenters. The van der Waals surface area contributed by atoms with Crippen molar-refractivity contribution in [2.75, 3.05) is 0 Å². The molecule has 0 aliphatic heterocycles. The molecule has 0 bridgehead atoms. The minimum atomic E-state index is -0.744. The smallest absolute Gasteiger partial charge is 0.408 e. The molecule has 8 heteroatoms. The van der Waals surface area contributed by atoms with E-state index in [-0.39, 0.29) is 5.91 Å². The van der Waals surface area contributed by atoms with E-state index >= 15 is 0 Å². The fourth-order valence-corrected chi connectivity index (χ4v) is 1.44. The van der Waals surface area contributed by atoms with Crippen LogP contribution < -0.4 is 10.6 Å². The summed E-state index contributed by atoms with van der Waals surface area (Å²) < 4.78 is 10.0. The summed E-state index contributed by atoms with van der Waals surface area (Å²) in [5.74, 6) is 0.431. The first kappa shape index (κ1) is 16.9. The van der Waals surface area contributed by atoms with Gasteiger partial charge in [-0.3, -0.25) is 4.79 Å². The van der Waals surface area contributed by atoms with E-state index in [1.165, 1.54) is 0 Å². The van der Waals surface area contributed by atoms with Gasteiger partial charge in [0.15, 0.2) is 5.82 Å². The molecule has 0 saturated carbocycles. The Labute approximate surface area is 123 Å². The molecule has 1 rings (SSSR count). The molecule has 0 aliphatic rings. The fraction of sp³-hybridized carbons (Fsp3) is 0.692. The molecule has 0 fully saturated rings. The summed E-state index contributed by atoms with van der Waals surface area (Å²) in [6.07, 6.45) is -0.647. The quantitative estimate of drug-likeness (QED) is 0.871. The second-order valence-corrected chi connectivity index (χ2v) is 5.78. The third-order valence-electron chi connectivity index (χ3n) is 2.40. The second kappa shape index (κ2) is 6.55. The van der Waals surface area contributed by atoms with Gasteiger partial charge in [0.05, 0.1) is 0 Å². The van der Waals surface area contributed by atoms with Crippen LogP contribution in [0.5, 0.6) is 0 Å². The molecule has 2 atom stereocenters. The zero-order valence-electron chi connectivity index (χ0n) is 13.2. The lowest BCUT2D eigenvalue weighted by Crippen LogP contribution is -2.47. The van der Waals surface area contributed by atoms with Crippen molar-refractivity contribution in [2.24, 2.45) is 0 Å². The highest BCUT2D eigenvalue weighted by molar-refractivity contribution is 5.85. The van der Waals surface area contributed by atoms with Gasteiger partial charge < -0.3 is 19.9 Å². The summed E-state index contributed by atoms with van der Waals surface area (Å²) in [4.78, 5) is 27.6. The molecule has 2 amide bonds. The topological polar surface area (TPSA) is 106 Å². The molecule has 2 N–H and O–H groups in total. The van der Waals surface area contributed by atoms with Crippen LogP contribution in [0.15, 0.2) is 4.52 Å². The van der Waals surface area contributed by atoms with Gasteiger partial charge in [-0.05, 0) is 41.5 Å². The molecule has 0 spiro atoms. The molecular weight excluding hydrogens is 276 g/mol. The Kier molecular flexibility index (Phi) is 5.28. The highest BCUT2D eigenvalue weighted by Gasteiger charge is 2.23. The monoisotopic (exact) mass is 298 g/mol. The third-order valence-corrected chi connectivity index (χ3v) is 2.40. The van der Waals surface area contributed by atoms with Gasteiger partial charge in [-0.2, -0.15) is 4.98 Å². The molecule has 118 valence electrons. The van der Waals surface area contributed by atoms with Crippen LogP contribution in [0.25, 0.3) is 0 Å². The Morgan fingerprint density at radius 2 is 1.86 bits per heavy atom. The van der Waals surface area contributed by atoms with Crippen LogP contribution in [0, 0.1) is 6.92 Å². The molecule has 1 heterocycles. The lowest BCUT2D eigenvalue weighted by molar-refractivity contribution is -0.123. The van der Waals surface area contributed by atoms with Crippen molar-refractivity contribution in [1.29, 1.82) is 0 Å². The van der Waals surface area contributed by atoms with Crippen molar-refractivity contribution >= 4 is 12.0 Å². The number of amides is 2. The summed E-state index contributed by atoms with van der Waals surface area (Å²) in [7, 11) is 0. The second-order valence-electron chi connectivity index (χ2n) is 5.78. The first-order valence-electron chi connectivity index (χ1n) is 6.68. The summed E-state index contributed by atoms with van der Waals surface area (Å²) >= 11 is 0. The number of aryl methyl sites for hydroxylation is 1. The lowest BCUT2D eigenvalue weighted by atomic mass is 10.2. The zero-order chi connectivity index (χ0) is 16.2. The van der Waals surface area contributed by atoms with Gasteiger partial charge in [0.1, 0.15) is 17.7 Å². The number of rotatable bonds is 4. The van der Waals surface area contributed by atoms with E-state index in [1.54, 1.807) is 41.5 Å².